The van der Waals surface area contributed by atoms with Crippen LogP contribution in [0, 0.1) is 11.3 Å². The van der Waals surface area contributed by atoms with Gasteiger partial charge in [-0.3, -0.25) is 4.79 Å². The lowest BCUT2D eigenvalue weighted by molar-refractivity contribution is -0.166. The van der Waals surface area contributed by atoms with E-state index in [-0.39, 0.29) is 11.4 Å². The number of rotatable bonds is 0. The first kappa shape index (κ1) is 10.7. The largest absolute Gasteiger partial charge is 0.465 e. The number of hydrogen-bond donors (Lipinski definition) is 0. The smallest absolute Gasteiger partial charge is 0.312 e. The van der Waals surface area contributed by atoms with Crippen molar-refractivity contribution in [1.82, 2.24) is 0 Å². The monoisotopic (exact) mass is 208 g/mol. The lowest BCUT2D eigenvalue weighted by Gasteiger charge is -2.36. The second-order valence-corrected chi connectivity index (χ2v) is 5.26. The maximum absolute atomic E-state index is 12.0. The predicted octanol–water partition coefficient (Wildman–Crippen LogP) is 3.08. The van der Waals surface area contributed by atoms with Crippen LogP contribution in [-0.4, -0.2) is 12.6 Å². The molecule has 2 rings (SSSR count). The summed E-state index contributed by atoms with van der Waals surface area (Å²) in [5.74, 6) is 0.535. The van der Waals surface area contributed by atoms with E-state index < -0.39 is 0 Å². The molecule has 0 aromatic rings. The van der Waals surface area contributed by atoms with Gasteiger partial charge >= 0.3 is 5.97 Å². The van der Waals surface area contributed by atoms with Gasteiger partial charge in [-0.2, -0.15) is 0 Å². The van der Waals surface area contributed by atoms with Crippen molar-refractivity contribution in [2.45, 2.75) is 46.5 Å². The van der Waals surface area contributed by atoms with Crippen molar-refractivity contribution in [1.29, 1.82) is 0 Å². The first-order valence-corrected chi connectivity index (χ1v) is 5.89. The molecular weight excluding hydrogens is 188 g/mol. The topological polar surface area (TPSA) is 26.3 Å². The predicted molar refractivity (Wildman–Crippen MR) is 59.4 cm³/mol. The van der Waals surface area contributed by atoms with Gasteiger partial charge in [0.05, 0.1) is 12.0 Å². The van der Waals surface area contributed by atoms with Crippen molar-refractivity contribution in [3.05, 3.63) is 11.1 Å². The van der Waals surface area contributed by atoms with E-state index in [0.29, 0.717) is 12.5 Å². The van der Waals surface area contributed by atoms with E-state index in [1.165, 1.54) is 11.1 Å². The Morgan fingerprint density at radius 1 is 1.47 bits per heavy atom. The molecule has 1 spiro atoms. The Morgan fingerprint density at radius 3 is 2.73 bits per heavy atom. The van der Waals surface area contributed by atoms with Crippen LogP contribution < -0.4 is 0 Å². The molecule has 0 unspecified atom stereocenters. The molecule has 0 aromatic carbocycles. The van der Waals surface area contributed by atoms with E-state index in [2.05, 4.69) is 20.8 Å². The fourth-order valence-electron chi connectivity index (χ4n) is 2.90. The van der Waals surface area contributed by atoms with Crippen LogP contribution in [-0.2, 0) is 9.53 Å². The molecule has 0 bridgehead atoms. The zero-order chi connectivity index (χ0) is 11.1. The fraction of sp³-hybridized carbons (Fsp3) is 0.769. The van der Waals surface area contributed by atoms with Gasteiger partial charge in [0.25, 0.3) is 0 Å². The molecular formula is C13H20O2. The van der Waals surface area contributed by atoms with Gasteiger partial charge in [-0.15, -0.1) is 0 Å². The van der Waals surface area contributed by atoms with Gasteiger partial charge in [-0.05, 0) is 45.4 Å². The second-order valence-electron chi connectivity index (χ2n) is 5.26. The van der Waals surface area contributed by atoms with E-state index in [9.17, 15) is 4.79 Å². The highest BCUT2D eigenvalue weighted by molar-refractivity contribution is 5.79. The Morgan fingerprint density at radius 2 is 2.20 bits per heavy atom. The zero-order valence-corrected chi connectivity index (χ0v) is 9.93. The summed E-state index contributed by atoms with van der Waals surface area (Å²) < 4.78 is 5.25. The minimum Gasteiger partial charge on any atom is -0.465 e. The average Bonchev–Trinajstić information content (AvgIpc) is 2.61. The van der Waals surface area contributed by atoms with Crippen LogP contribution in [0.25, 0.3) is 0 Å². The van der Waals surface area contributed by atoms with Crippen LogP contribution in [0.5, 0.6) is 0 Å². The third-order valence-corrected chi connectivity index (χ3v) is 4.24. The molecule has 2 nitrogen and oxygen atoms in total. The number of ether oxygens (including phenoxy) is 1. The molecule has 84 valence electrons. The summed E-state index contributed by atoms with van der Waals surface area (Å²) in [5, 5.41) is 0. The van der Waals surface area contributed by atoms with E-state index in [0.717, 1.165) is 25.7 Å². The Kier molecular flexibility index (Phi) is 2.61. The highest BCUT2D eigenvalue weighted by Gasteiger charge is 2.50. The number of carbonyl (C=O) groups excluding carboxylic acids is 1. The third-order valence-electron chi connectivity index (χ3n) is 4.24. The maximum atomic E-state index is 12.0. The lowest BCUT2D eigenvalue weighted by Crippen LogP contribution is -2.41. The SMILES string of the molecule is CC(C)=C1CC[C@]2(C1)C(=O)OCC[C@H]2C. The molecule has 2 aliphatic rings. The molecule has 0 aromatic heterocycles. The Bertz CT molecular complexity index is 312. The summed E-state index contributed by atoms with van der Waals surface area (Å²) in [6.07, 6.45) is 4.05. The van der Waals surface area contributed by atoms with Crippen LogP contribution in [0.3, 0.4) is 0 Å². The summed E-state index contributed by atoms with van der Waals surface area (Å²) >= 11 is 0. The number of carbonyl (C=O) groups is 1. The minimum atomic E-state index is -0.176. The van der Waals surface area contributed by atoms with E-state index in [4.69, 9.17) is 4.74 Å². The number of esters is 1. The van der Waals surface area contributed by atoms with Gasteiger partial charge in [0.1, 0.15) is 0 Å². The van der Waals surface area contributed by atoms with Gasteiger partial charge in [0.15, 0.2) is 0 Å². The van der Waals surface area contributed by atoms with Crippen LogP contribution in [0.2, 0.25) is 0 Å². The fourth-order valence-corrected chi connectivity index (χ4v) is 2.90. The molecule has 0 amide bonds. The first-order chi connectivity index (χ1) is 7.06. The standard InChI is InChI=1S/C13H20O2/c1-9(2)11-4-6-13(8-11)10(3)5-7-15-12(13)14/h10H,4-8H2,1-3H3/t10-,13-/m1/s1. The molecule has 15 heavy (non-hydrogen) atoms. The van der Waals surface area contributed by atoms with Gasteiger partial charge in [0, 0.05) is 0 Å². The van der Waals surface area contributed by atoms with Crippen LogP contribution >= 0.6 is 0 Å². The van der Waals surface area contributed by atoms with Crippen molar-refractivity contribution in [2.24, 2.45) is 11.3 Å². The van der Waals surface area contributed by atoms with Crippen molar-refractivity contribution in [3.63, 3.8) is 0 Å². The minimum absolute atomic E-state index is 0.0532. The van der Waals surface area contributed by atoms with Crippen molar-refractivity contribution < 1.29 is 9.53 Å². The second kappa shape index (κ2) is 3.66. The number of allylic oxidation sites excluding steroid dienone is 2. The van der Waals surface area contributed by atoms with E-state index in [1.807, 2.05) is 0 Å². The maximum Gasteiger partial charge on any atom is 0.312 e. The van der Waals surface area contributed by atoms with Gasteiger partial charge in [-0.1, -0.05) is 18.1 Å². The van der Waals surface area contributed by atoms with Crippen molar-refractivity contribution in [2.75, 3.05) is 6.61 Å². The average molecular weight is 208 g/mol. The van der Waals surface area contributed by atoms with Gasteiger partial charge in [0.2, 0.25) is 0 Å². The molecule has 0 N–H and O–H groups in total. The molecule has 2 fully saturated rings. The molecule has 1 saturated heterocycles. The summed E-state index contributed by atoms with van der Waals surface area (Å²) in [6, 6.07) is 0. The Hall–Kier alpha value is -0.790. The van der Waals surface area contributed by atoms with E-state index >= 15 is 0 Å². The summed E-state index contributed by atoms with van der Waals surface area (Å²) in [5.41, 5.74) is 2.68. The molecule has 1 saturated carbocycles. The van der Waals surface area contributed by atoms with Crippen LogP contribution in [0.15, 0.2) is 11.1 Å². The molecule has 2 atom stereocenters. The van der Waals surface area contributed by atoms with E-state index in [1.54, 1.807) is 0 Å². The molecule has 0 radical (unpaired) electrons. The molecule has 1 aliphatic carbocycles. The summed E-state index contributed by atoms with van der Waals surface area (Å²) in [6.45, 7) is 7.11. The first-order valence-electron chi connectivity index (χ1n) is 5.89. The quantitative estimate of drug-likeness (QED) is 0.451. The van der Waals surface area contributed by atoms with Gasteiger partial charge in [-0.25, -0.2) is 0 Å². The Balaban J connectivity index is 2.27. The lowest BCUT2D eigenvalue weighted by atomic mass is 9.72. The summed E-state index contributed by atoms with van der Waals surface area (Å²) in [7, 11) is 0. The van der Waals surface area contributed by atoms with Crippen molar-refractivity contribution >= 4 is 5.97 Å². The van der Waals surface area contributed by atoms with Crippen molar-refractivity contribution in [3.8, 4) is 0 Å². The van der Waals surface area contributed by atoms with Gasteiger partial charge < -0.3 is 4.74 Å². The molecule has 2 heteroatoms. The highest BCUT2D eigenvalue weighted by Crippen LogP contribution is 2.51. The van der Waals surface area contributed by atoms with Crippen LogP contribution in [0.1, 0.15) is 46.5 Å². The zero-order valence-electron chi connectivity index (χ0n) is 9.93. The Labute approximate surface area is 91.7 Å². The highest BCUT2D eigenvalue weighted by atomic mass is 16.5. The number of cyclic esters (lactones) is 1. The third kappa shape index (κ3) is 1.60. The van der Waals surface area contributed by atoms with Crippen LogP contribution in [0.4, 0.5) is 0 Å². The molecule has 1 aliphatic heterocycles. The molecule has 1 heterocycles. The summed E-state index contributed by atoms with van der Waals surface area (Å²) in [4.78, 5) is 12.0. The normalized spacial score (nSPS) is 35.8. The number of hydrogen-bond acceptors (Lipinski definition) is 2.